The molecule has 0 unspecified atom stereocenters. The van der Waals surface area contributed by atoms with Crippen LogP contribution in [-0.4, -0.2) is 28.1 Å². The lowest BCUT2D eigenvalue weighted by atomic mass is 10.1. The van der Waals surface area contributed by atoms with Crippen LogP contribution in [0.1, 0.15) is 49.4 Å². The van der Waals surface area contributed by atoms with Crippen LogP contribution < -0.4 is 4.90 Å². The number of anilines is 1. The molecule has 22 heavy (non-hydrogen) atoms. The fourth-order valence-corrected chi connectivity index (χ4v) is 3.24. The first kappa shape index (κ1) is 13.3. The summed E-state index contributed by atoms with van der Waals surface area (Å²) in [6, 6.07) is 10.7. The average Bonchev–Trinajstić information content (AvgIpc) is 3.34. The summed E-state index contributed by atoms with van der Waals surface area (Å²) in [4.78, 5) is 2.44. The van der Waals surface area contributed by atoms with Gasteiger partial charge >= 0.3 is 0 Å². The highest BCUT2D eigenvalue weighted by Crippen LogP contribution is 2.41. The molecule has 0 atom stereocenters. The Bertz CT molecular complexity index is 700. The normalized spacial score (nSPS) is 18.2. The van der Waals surface area contributed by atoms with E-state index in [-0.39, 0.29) is 0 Å². The topological polar surface area (TPSA) is 57.7 Å². The van der Waals surface area contributed by atoms with Crippen molar-refractivity contribution in [2.24, 2.45) is 0 Å². The van der Waals surface area contributed by atoms with E-state index in [9.17, 15) is 5.26 Å². The predicted molar refractivity (Wildman–Crippen MR) is 84.1 cm³/mol. The largest absolute Gasteiger partial charge is 0.372 e. The first-order valence-electron chi connectivity index (χ1n) is 8.08. The van der Waals surface area contributed by atoms with Crippen LogP contribution in [-0.2, 0) is 0 Å². The van der Waals surface area contributed by atoms with Crippen molar-refractivity contribution in [3.8, 4) is 11.8 Å². The van der Waals surface area contributed by atoms with Crippen molar-refractivity contribution in [3.63, 3.8) is 0 Å². The van der Waals surface area contributed by atoms with Gasteiger partial charge < -0.3 is 4.90 Å². The number of nitrogens with zero attached hydrogens (tertiary/aromatic N) is 5. The minimum atomic E-state index is 0.450. The van der Waals surface area contributed by atoms with E-state index in [0.717, 1.165) is 37.3 Å². The minimum Gasteiger partial charge on any atom is -0.372 e. The maximum absolute atomic E-state index is 9.20. The maximum atomic E-state index is 9.20. The van der Waals surface area contributed by atoms with Crippen LogP contribution in [0.4, 0.5) is 5.69 Å². The van der Waals surface area contributed by atoms with Gasteiger partial charge in [-0.25, -0.2) is 4.68 Å². The molecule has 0 spiro atoms. The summed E-state index contributed by atoms with van der Waals surface area (Å²) in [6.45, 7) is 2.29. The highest BCUT2D eigenvalue weighted by molar-refractivity contribution is 5.52. The zero-order valence-electron chi connectivity index (χ0n) is 12.6. The number of benzene rings is 1. The molecule has 112 valence electrons. The summed E-state index contributed by atoms with van der Waals surface area (Å²) in [5, 5.41) is 17.4. The van der Waals surface area contributed by atoms with Crippen LogP contribution in [0.5, 0.6) is 0 Å². The van der Waals surface area contributed by atoms with Crippen molar-refractivity contribution in [1.82, 2.24) is 15.0 Å². The third-order valence-corrected chi connectivity index (χ3v) is 4.59. The van der Waals surface area contributed by atoms with E-state index in [1.165, 1.54) is 24.9 Å². The maximum Gasteiger partial charge on any atom is 0.186 e. The Morgan fingerprint density at radius 3 is 2.32 bits per heavy atom. The Morgan fingerprint density at radius 1 is 1.00 bits per heavy atom. The average molecular weight is 293 g/mol. The molecule has 5 heteroatoms. The Labute approximate surface area is 130 Å². The molecule has 4 rings (SSSR count). The number of hydrogen-bond acceptors (Lipinski definition) is 4. The van der Waals surface area contributed by atoms with Crippen molar-refractivity contribution >= 4 is 5.69 Å². The van der Waals surface area contributed by atoms with Gasteiger partial charge in [0.15, 0.2) is 5.69 Å². The Hall–Kier alpha value is -2.35. The van der Waals surface area contributed by atoms with Gasteiger partial charge in [0.25, 0.3) is 0 Å². The van der Waals surface area contributed by atoms with Crippen molar-refractivity contribution in [1.29, 1.82) is 5.26 Å². The summed E-state index contributed by atoms with van der Waals surface area (Å²) in [7, 11) is 0. The van der Waals surface area contributed by atoms with E-state index in [1.54, 1.807) is 0 Å². The molecule has 0 N–H and O–H groups in total. The van der Waals surface area contributed by atoms with E-state index >= 15 is 0 Å². The Balaban J connectivity index is 1.63. The van der Waals surface area contributed by atoms with Gasteiger partial charge in [-0.2, -0.15) is 5.26 Å². The van der Waals surface area contributed by atoms with Gasteiger partial charge in [-0.05, 0) is 56.4 Å². The van der Waals surface area contributed by atoms with Gasteiger partial charge in [0.05, 0.1) is 11.4 Å². The monoisotopic (exact) mass is 293 g/mol. The summed E-state index contributed by atoms with van der Waals surface area (Å²) >= 11 is 0. The van der Waals surface area contributed by atoms with Crippen molar-refractivity contribution in [2.75, 3.05) is 18.0 Å². The third-order valence-electron chi connectivity index (χ3n) is 4.59. The molecular weight excluding hydrogens is 274 g/mol. The van der Waals surface area contributed by atoms with Gasteiger partial charge in [-0.1, -0.05) is 5.21 Å². The first-order chi connectivity index (χ1) is 10.9. The Morgan fingerprint density at radius 2 is 1.68 bits per heavy atom. The van der Waals surface area contributed by atoms with Crippen molar-refractivity contribution in [3.05, 3.63) is 35.7 Å². The van der Waals surface area contributed by atoms with Crippen molar-refractivity contribution in [2.45, 2.75) is 38.0 Å². The lowest BCUT2D eigenvalue weighted by Gasteiger charge is -2.28. The SMILES string of the molecule is N#Cc1nnn(-c2ccc(N3CCCCC3)cc2)c1C1CC1. The molecule has 0 amide bonds. The van der Waals surface area contributed by atoms with Crippen molar-refractivity contribution < 1.29 is 0 Å². The number of aromatic nitrogens is 3. The van der Waals surface area contributed by atoms with E-state index in [1.807, 2.05) is 4.68 Å². The van der Waals surface area contributed by atoms with Crippen LogP contribution in [0.2, 0.25) is 0 Å². The summed E-state index contributed by atoms with van der Waals surface area (Å²) in [6.07, 6.45) is 6.17. The minimum absolute atomic E-state index is 0.450. The predicted octanol–water partition coefficient (Wildman–Crippen LogP) is 3.01. The van der Waals surface area contributed by atoms with E-state index in [0.29, 0.717) is 11.6 Å². The molecule has 2 fully saturated rings. The second-order valence-electron chi connectivity index (χ2n) is 6.19. The molecular formula is C17H19N5. The van der Waals surface area contributed by atoms with E-state index in [2.05, 4.69) is 45.5 Å². The van der Waals surface area contributed by atoms with Gasteiger partial charge in [0.2, 0.25) is 0 Å². The molecule has 1 aliphatic heterocycles. The lowest BCUT2D eigenvalue weighted by molar-refractivity contribution is 0.578. The molecule has 1 saturated heterocycles. The van der Waals surface area contributed by atoms with Crippen LogP contribution in [0.3, 0.4) is 0 Å². The highest BCUT2D eigenvalue weighted by atomic mass is 15.4. The number of hydrogen-bond donors (Lipinski definition) is 0. The molecule has 2 aliphatic rings. The molecule has 5 nitrogen and oxygen atoms in total. The zero-order valence-corrected chi connectivity index (χ0v) is 12.6. The smallest absolute Gasteiger partial charge is 0.186 e. The fourth-order valence-electron chi connectivity index (χ4n) is 3.24. The van der Waals surface area contributed by atoms with Gasteiger partial charge in [-0.15, -0.1) is 5.10 Å². The standard InChI is InChI=1S/C17H19N5/c18-12-16-17(13-4-5-13)22(20-19-16)15-8-6-14(7-9-15)21-10-2-1-3-11-21/h6-9,13H,1-5,10-11H2. The van der Waals surface area contributed by atoms with Crippen LogP contribution >= 0.6 is 0 Å². The molecule has 0 bridgehead atoms. The molecule has 2 heterocycles. The molecule has 1 aromatic carbocycles. The third kappa shape index (κ3) is 2.35. The fraction of sp³-hybridized carbons (Fsp3) is 0.471. The van der Waals surface area contributed by atoms with Crippen LogP contribution in [0.15, 0.2) is 24.3 Å². The number of nitriles is 1. The zero-order chi connectivity index (χ0) is 14.9. The molecule has 1 aromatic heterocycles. The molecule has 0 radical (unpaired) electrons. The van der Waals surface area contributed by atoms with E-state index < -0.39 is 0 Å². The van der Waals surface area contributed by atoms with Gasteiger partial charge in [0.1, 0.15) is 6.07 Å². The lowest BCUT2D eigenvalue weighted by Crippen LogP contribution is -2.29. The summed E-state index contributed by atoms with van der Waals surface area (Å²) in [5.41, 5.74) is 3.73. The number of rotatable bonds is 3. The Kier molecular flexibility index (Phi) is 3.30. The van der Waals surface area contributed by atoms with Crippen LogP contribution in [0.25, 0.3) is 5.69 Å². The quantitative estimate of drug-likeness (QED) is 0.873. The molecule has 2 aromatic rings. The van der Waals surface area contributed by atoms with Gasteiger partial charge in [0, 0.05) is 24.7 Å². The number of piperidine rings is 1. The second kappa shape index (κ2) is 5.45. The molecule has 1 saturated carbocycles. The van der Waals surface area contributed by atoms with Gasteiger partial charge in [-0.3, -0.25) is 0 Å². The highest BCUT2D eigenvalue weighted by Gasteiger charge is 2.31. The summed E-state index contributed by atoms with van der Waals surface area (Å²) in [5.74, 6) is 0.450. The molecule has 1 aliphatic carbocycles. The summed E-state index contributed by atoms with van der Waals surface area (Å²) < 4.78 is 1.84. The van der Waals surface area contributed by atoms with E-state index in [4.69, 9.17) is 0 Å². The second-order valence-corrected chi connectivity index (χ2v) is 6.19. The van der Waals surface area contributed by atoms with Crippen LogP contribution in [0, 0.1) is 11.3 Å². The first-order valence-corrected chi connectivity index (χ1v) is 8.08.